The van der Waals surface area contributed by atoms with Crippen molar-refractivity contribution in [3.63, 3.8) is 0 Å². The lowest BCUT2D eigenvalue weighted by Gasteiger charge is -2.17. The fourth-order valence-electron chi connectivity index (χ4n) is 1.20. The van der Waals surface area contributed by atoms with Crippen LogP contribution in [0.5, 0.6) is 0 Å². The van der Waals surface area contributed by atoms with E-state index in [4.69, 9.17) is 23.2 Å². The first-order valence-corrected chi connectivity index (χ1v) is 5.14. The van der Waals surface area contributed by atoms with E-state index in [-0.39, 0.29) is 16.9 Å². The molecule has 4 nitrogen and oxygen atoms in total. The molecule has 84 valence electrons. The zero-order valence-corrected chi connectivity index (χ0v) is 9.63. The Bertz CT molecular complexity index is 316. The Morgan fingerprint density at radius 3 is 2.33 bits per heavy atom. The van der Waals surface area contributed by atoms with Gasteiger partial charge in [0.25, 0.3) is 0 Å². The maximum atomic E-state index is 9.73. The van der Waals surface area contributed by atoms with Crippen LogP contribution in [0.25, 0.3) is 0 Å². The van der Waals surface area contributed by atoms with Gasteiger partial charge in [0, 0.05) is 6.54 Å². The smallest absolute Gasteiger partial charge is 0.131 e. The van der Waals surface area contributed by atoms with Gasteiger partial charge in [-0.2, -0.15) is 0 Å². The van der Waals surface area contributed by atoms with Gasteiger partial charge in [-0.05, 0) is 24.7 Å². The third-order valence-electron chi connectivity index (χ3n) is 1.90. The number of hydrogen-bond donors (Lipinski definition) is 3. The zero-order valence-electron chi connectivity index (χ0n) is 8.11. The molecule has 0 aromatic carbocycles. The van der Waals surface area contributed by atoms with Gasteiger partial charge in [-0.1, -0.05) is 23.2 Å². The normalized spacial score (nSPS) is 15.0. The molecule has 1 heterocycles. The second kappa shape index (κ2) is 5.63. The average Bonchev–Trinajstić information content (AvgIpc) is 2.15. The van der Waals surface area contributed by atoms with E-state index < -0.39 is 12.2 Å². The molecule has 0 aliphatic carbocycles. The van der Waals surface area contributed by atoms with Crippen molar-refractivity contribution in [1.82, 2.24) is 10.3 Å². The molecule has 0 aliphatic rings. The third kappa shape index (κ3) is 3.59. The van der Waals surface area contributed by atoms with Crippen LogP contribution in [-0.4, -0.2) is 34.9 Å². The number of pyridine rings is 1. The van der Waals surface area contributed by atoms with Crippen LogP contribution in [0.4, 0.5) is 0 Å². The topological polar surface area (TPSA) is 65.4 Å². The lowest BCUT2D eigenvalue weighted by atomic mass is 10.1. The molecule has 1 aromatic heterocycles. The molecule has 6 heteroatoms. The fraction of sp³-hybridized carbons (Fsp3) is 0.444. The largest absolute Gasteiger partial charge is 0.389 e. The minimum atomic E-state index is -1.03. The summed E-state index contributed by atoms with van der Waals surface area (Å²) in [6.45, 7) is 0.277. The average molecular weight is 251 g/mol. The number of aliphatic hydroxyl groups excluding tert-OH is 2. The standard InChI is InChI=1S/C9H12Cl2N2O2/c1-12-4-6(14)9(15)5-2-7(10)13-8(11)3-5/h2-3,6,9,12,14-15H,4H2,1H3. The molecule has 0 radical (unpaired) electrons. The maximum absolute atomic E-state index is 9.73. The van der Waals surface area contributed by atoms with Gasteiger partial charge in [0.05, 0.1) is 6.10 Å². The van der Waals surface area contributed by atoms with Crippen molar-refractivity contribution in [2.75, 3.05) is 13.6 Å². The number of nitrogens with one attached hydrogen (secondary N) is 1. The molecule has 0 bridgehead atoms. The highest BCUT2D eigenvalue weighted by atomic mass is 35.5. The molecule has 0 saturated carbocycles. The van der Waals surface area contributed by atoms with Gasteiger partial charge in [0.2, 0.25) is 0 Å². The molecular weight excluding hydrogens is 239 g/mol. The monoisotopic (exact) mass is 250 g/mol. The second-order valence-corrected chi connectivity index (χ2v) is 3.89. The second-order valence-electron chi connectivity index (χ2n) is 3.12. The number of aliphatic hydroxyl groups is 2. The quantitative estimate of drug-likeness (QED) is 0.698. The van der Waals surface area contributed by atoms with Crippen molar-refractivity contribution in [3.05, 3.63) is 28.0 Å². The summed E-state index contributed by atoms with van der Waals surface area (Å²) in [6.07, 6.45) is -1.94. The lowest BCUT2D eigenvalue weighted by molar-refractivity contribution is 0.0202. The molecule has 2 unspecified atom stereocenters. The van der Waals surface area contributed by atoms with Crippen molar-refractivity contribution >= 4 is 23.2 Å². The van der Waals surface area contributed by atoms with Crippen molar-refractivity contribution in [2.45, 2.75) is 12.2 Å². The van der Waals surface area contributed by atoms with Crippen LogP contribution in [0.15, 0.2) is 12.1 Å². The summed E-state index contributed by atoms with van der Waals surface area (Å²) in [5.41, 5.74) is 0.447. The Morgan fingerprint density at radius 2 is 1.87 bits per heavy atom. The van der Waals surface area contributed by atoms with Crippen LogP contribution < -0.4 is 5.32 Å². The number of nitrogens with zero attached hydrogens (tertiary/aromatic N) is 1. The zero-order chi connectivity index (χ0) is 11.4. The minimum Gasteiger partial charge on any atom is -0.389 e. The molecule has 0 saturated heterocycles. The predicted molar refractivity (Wildman–Crippen MR) is 59.2 cm³/mol. The Hall–Kier alpha value is -0.390. The summed E-state index contributed by atoms with van der Waals surface area (Å²) in [5.74, 6) is 0. The van der Waals surface area contributed by atoms with Crippen LogP contribution in [-0.2, 0) is 0 Å². The van der Waals surface area contributed by atoms with Crippen molar-refractivity contribution in [1.29, 1.82) is 0 Å². The van der Waals surface area contributed by atoms with Gasteiger partial charge in [-0.25, -0.2) is 4.98 Å². The molecule has 3 N–H and O–H groups in total. The number of halogens is 2. The molecule has 1 aromatic rings. The number of aromatic nitrogens is 1. The first-order chi connectivity index (χ1) is 7.04. The summed E-state index contributed by atoms with van der Waals surface area (Å²) in [6, 6.07) is 2.94. The van der Waals surface area contributed by atoms with E-state index >= 15 is 0 Å². The molecule has 2 atom stereocenters. The number of hydrogen-bond acceptors (Lipinski definition) is 4. The molecule has 1 rings (SSSR count). The van der Waals surface area contributed by atoms with Crippen molar-refractivity contribution in [3.8, 4) is 0 Å². The van der Waals surface area contributed by atoms with E-state index in [0.29, 0.717) is 5.56 Å². The van der Waals surface area contributed by atoms with Crippen LogP contribution in [0.2, 0.25) is 10.3 Å². The predicted octanol–water partition coefficient (Wildman–Crippen LogP) is 1.00. The van der Waals surface area contributed by atoms with Gasteiger partial charge in [-0.15, -0.1) is 0 Å². The fourth-order valence-corrected chi connectivity index (χ4v) is 1.67. The first-order valence-electron chi connectivity index (χ1n) is 4.38. The minimum absolute atomic E-state index is 0.188. The summed E-state index contributed by atoms with van der Waals surface area (Å²) >= 11 is 11.3. The van der Waals surface area contributed by atoms with Crippen molar-refractivity contribution < 1.29 is 10.2 Å². The number of rotatable bonds is 4. The Morgan fingerprint density at radius 1 is 1.33 bits per heavy atom. The lowest BCUT2D eigenvalue weighted by Crippen LogP contribution is -2.29. The Kier molecular flexibility index (Phi) is 4.76. The van der Waals surface area contributed by atoms with Gasteiger partial charge in [0.15, 0.2) is 0 Å². The highest BCUT2D eigenvalue weighted by Gasteiger charge is 2.18. The molecule has 0 aliphatic heterocycles. The van der Waals surface area contributed by atoms with Gasteiger partial charge in [-0.3, -0.25) is 0 Å². The van der Waals surface area contributed by atoms with Crippen LogP contribution >= 0.6 is 23.2 Å². The first kappa shape index (κ1) is 12.7. The maximum Gasteiger partial charge on any atom is 0.131 e. The highest BCUT2D eigenvalue weighted by molar-refractivity contribution is 6.32. The van der Waals surface area contributed by atoms with E-state index in [0.717, 1.165) is 0 Å². The van der Waals surface area contributed by atoms with E-state index in [1.165, 1.54) is 12.1 Å². The van der Waals surface area contributed by atoms with E-state index in [9.17, 15) is 10.2 Å². The van der Waals surface area contributed by atoms with E-state index in [2.05, 4.69) is 10.3 Å². The number of likely N-dealkylation sites (N-methyl/N-ethyl adjacent to an activating group) is 1. The molecular formula is C9H12Cl2N2O2. The summed E-state index contributed by atoms with van der Waals surface area (Å²) in [4.78, 5) is 3.74. The molecule has 15 heavy (non-hydrogen) atoms. The third-order valence-corrected chi connectivity index (χ3v) is 2.29. The van der Waals surface area contributed by atoms with Crippen LogP contribution in [0, 0.1) is 0 Å². The van der Waals surface area contributed by atoms with Gasteiger partial charge < -0.3 is 15.5 Å². The Balaban J connectivity index is 2.85. The van der Waals surface area contributed by atoms with Gasteiger partial charge >= 0.3 is 0 Å². The highest BCUT2D eigenvalue weighted by Crippen LogP contribution is 2.22. The van der Waals surface area contributed by atoms with Gasteiger partial charge in [0.1, 0.15) is 16.4 Å². The van der Waals surface area contributed by atoms with E-state index in [1.54, 1.807) is 7.05 Å². The van der Waals surface area contributed by atoms with Crippen molar-refractivity contribution in [2.24, 2.45) is 0 Å². The summed E-state index contributed by atoms with van der Waals surface area (Å²) in [5, 5.41) is 22.4. The molecule has 0 amide bonds. The summed E-state index contributed by atoms with van der Waals surface area (Å²) < 4.78 is 0. The van der Waals surface area contributed by atoms with E-state index in [1.807, 2.05) is 0 Å². The molecule has 0 spiro atoms. The Labute approximate surface area is 97.9 Å². The summed E-state index contributed by atoms with van der Waals surface area (Å²) in [7, 11) is 1.68. The van der Waals surface area contributed by atoms with Crippen LogP contribution in [0.3, 0.4) is 0 Å². The SMILES string of the molecule is CNCC(O)C(O)c1cc(Cl)nc(Cl)c1. The van der Waals surface area contributed by atoms with Crippen LogP contribution in [0.1, 0.15) is 11.7 Å². The molecule has 0 fully saturated rings.